The third-order valence-electron chi connectivity index (χ3n) is 5.52. The predicted molar refractivity (Wildman–Crippen MR) is 121 cm³/mol. The van der Waals surface area contributed by atoms with Gasteiger partial charge in [0, 0.05) is 37.6 Å². The van der Waals surface area contributed by atoms with Gasteiger partial charge in [0.05, 0.1) is 30.2 Å². The zero-order valence-corrected chi connectivity index (χ0v) is 17.6. The maximum atomic E-state index is 12.6. The van der Waals surface area contributed by atoms with Crippen LogP contribution in [0.15, 0.2) is 78.1 Å². The van der Waals surface area contributed by atoms with Gasteiger partial charge in [-0.1, -0.05) is 24.3 Å². The predicted octanol–water partition coefficient (Wildman–Crippen LogP) is 2.88. The summed E-state index contributed by atoms with van der Waals surface area (Å²) in [6.45, 7) is 1.76. The molecule has 5 rings (SSSR count). The highest BCUT2D eigenvalue weighted by Gasteiger charge is 2.25. The average molecular weight is 426 g/mol. The Morgan fingerprint density at radius 2 is 1.91 bits per heavy atom. The summed E-state index contributed by atoms with van der Waals surface area (Å²) in [5.41, 5.74) is 4.04. The van der Waals surface area contributed by atoms with Crippen molar-refractivity contribution in [1.82, 2.24) is 24.5 Å². The molecule has 1 aliphatic rings. The normalized spacial score (nSPS) is 16.2. The summed E-state index contributed by atoms with van der Waals surface area (Å²) in [5.74, 6) is 0.597. The highest BCUT2D eigenvalue weighted by molar-refractivity contribution is 5.60. The SMILES string of the molecule is Cn1c(N2CCOC(c3cccc(-c4ccccn4)c3)C2)nc(-c2ccncn2)cc1=O. The average Bonchev–Trinajstić information content (AvgIpc) is 2.87. The van der Waals surface area contributed by atoms with E-state index in [1.165, 1.54) is 12.4 Å². The van der Waals surface area contributed by atoms with Crippen LogP contribution in [-0.2, 0) is 11.8 Å². The van der Waals surface area contributed by atoms with Crippen LogP contribution >= 0.6 is 0 Å². The van der Waals surface area contributed by atoms with Gasteiger partial charge in [-0.05, 0) is 29.8 Å². The molecule has 0 saturated carbocycles. The minimum Gasteiger partial charge on any atom is -0.370 e. The number of pyridine rings is 1. The Bertz CT molecular complexity index is 1280. The summed E-state index contributed by atoms with van der Waals surface area (Å²) in [6.07, 6.45) is 4.73. The highest BCUT2D eigenvalue weighted by Crippen LogP contribution is 2.28. The Morgan fingerprint density at radius 1 is 0.969 bits per heavy atom. The number of hydrogen-bond donors (Lipinski definition) is 0. The fourth-order valence-electron chi connectivity index (χ4n) is 3.85. The van der Waals surface area contributed by atoms with Gasteiger partial charge in [0.1, 0.15) is 12.4 Å². The van der Waals surface area contributed by atoms with E-state index in [4.69, 9.17) is 9.72 Å². The number of ether oxygens (including phenoxy) is 1. The fourth-order valence-corrected chi connectivity index (χ4v) is 3.85. The van der Waals surface area contributed by atoms with Gasteiger partial charge in [-0.25, -0.2) is 15.0 Å². The van der Waals surface area contributed by atoms with Gasteiger partial charge in [-0.3, -0.25) is 14.3 Å². The van der Waals surface area contributed by atoms with Gasteiger partial charge >= 0.3 is 0 Å². The van der Waals surface area contributed by atoms with Crippen LogP contribution in [0.1, 0.15) is 11.7 Å². The highest BCUT2D eigenvalue weighted by atomic mass is 16.5. The van der Waals surface area contributed by atoms with E-state index < -0.39 is 0 Å². The minimum absolute atomic E-state index is 0.135. The molecule has 1 fully saturated rings. The van der Waals surface area contributed by atoms with Gasteiger partial charge in [-0.2, -0.15) is 0 Å². The number of morpholine rings is 1. The summed E-state index contributed by atoms with van der Waals surface area (Å²) in [4.78, 5) is 32.1. The Morgan fingerprint density at radius 3 is 2.72 bits per heavy atom. The maximum absolute atomic E-state index is 12.6. The van der Waals surface area contributed by atoms with Crippen molar-refractivity contribution in [3.63, 3.8) is 0 Å². The first-order valence-corrected chi connectivity index (χ1v) is 10.4. The number of rotatable bonds is 4. The maximum Gasteiger partial charge on any atom is 0.255 e. The molecule has 32 heavy (non-hydrogen) atoms. The van der Waals surface area contributed by atoms with Gasteiger partial charge in [0.15, 0.2) is 0 Å². The number of anilines is 1. The van der Waals surface area contributed by atoms with Crippen LogP contribution in [0.2, 0.25) is 0 Å². The minimum atomic E-state index is -0.146. The van der Waals surface area contributed by atoms with Crippen LogP contribution in [0.5, 0.6) is 0 Å². The first kappa shape index (κ1) is 20.0. The zero-order valence-electron chi connectivity index (χ0n) is 17.6. The number of aromatic nitrogens is 5. The summed E-state index contributed by atoms with van der Waals surface area (Å²) in [5, 5.41) is 0. The molecule has 3 aromatic heterocycles. The van der Waals surface area contributed by atoms with Crippen molar-refractivity contribution < 1.29 is 4.74 Å². The molecule has 4 aromatic rings. The van der Waals surface area contributed by atoms with Crippen molar-refractivity contribution in [2.24, 2.45) is 7.05 Å². The second kappa shape index (κ2) is 8.68. The molecule has 0 spiro atoms. The second-order valence-electron chi connectivity index (χ2n) is 7.58. The molecule has 4 heterocycles. The molecular formula is C24H22N6O2. The second-order valence-corrected chi connectivity index (χ2v) is 7.58. The van der Waals surface area contributed by atoms with Crippen LogP contribution in [0.4, 0.5) is 5.95 Å². The lowest BCUT2D eigenvalue weighted by Crippen LogP contribution is -2.41. The molecule has 8 heteroatoms. The molecule has 1 aliphatic heterocycles. The topological polar surface area (TPSA) is 86.0 Å². The molecule has 160 valence electrons. The van der Waals surface area contributed by atoms with E-state index in [0.29, 0.717) is 37.0 Å². The Hall–Kier alpha value is -3.91. The molecule has 0 amide bonds. The van der Waals surface area contributed by atoms with Crippen molar-refractivity contribution in [2.75, 3.05) is 24.6 Å². The molecule has 1 atom stereocenters. The van der Waals surface area contributed by atoms with Gasteiger partial charge in [-0.15, -0.1) is 0 Å². The number of nitrogens with zero attached hydrogens (tertiary/aromatic N) is 6. The first-order valence-electron chi connectivity index (χ1n) is 10.4. The van der Waals surface area contributed by atoms with E-state index in [1.54, 1.807) is 30.1 Å². The molecule has 1 aromatic carbocycles. The van der Waals surface area contributed by atoms with Crippen LogP contribution in [0.3, 0.4) is 0 Å². The van der Waals surface area contributed by atoms with Crippen LogP contribution in [0.25, 0.3) is 22.6 Å². The van der Waals surface area contributed by atoms with Gasteiger partial charge < -0.3 is 9.64 Å². The van der Waals surface area contributed by atoms with Gasteiger partial charge in [0.25, 0.3) is 5.56 Å². The van der Waals surface area contributed by atoms with E-state index in [1.807, 2.05) is 30.3 Å². The van der Waals surface area contributed by atoms with Crippen LogP contribution < -0.4 is 10.5 Å². The van der Waals surface area contributed by atoms with E-state index in [0.717, 1.165) is 16.8 Å². The number of benzene rings is 1. The largest absolute Gasteiger partial charge is 0.370 e. The van der Waals surface area contributed by atoms with Crippen molar-refractivity contribution >= 4 is 5.95 Å². The van der Waals surface area contributed by atoms with Gasteiger partial charge in [0.2, 0.25) is 5.95 Å². The summed E-state index contributed by atoms with van der Waals surface area (Å²) < 4.78 is 7.66. The molecule has 1 unspecified atom stereocenters. The molecule has 8 nitrogen and oxygen atoms in total. The van der Waals surface area contributed by atoms with Crippen molar-refractivity contribution in [1.29, 1.82) is 0 Å². The van der Waals surface area contributed by atoms with E-state index >= 15 is 0 Å². The van der Waals surface area contributed by atoms with Crippen molar-refractivity contribution in [3.8, 4) is 22.6 Å². The lowest BCUT2D eigenvalue weighted by Gasteiger charge is -2.34. The molecule has 0 bridgehead atoms. The molecule has 0 aliphatic carbocycles. The Kier molecular flexibility index (Phi) is 5.43. The smallest absolute Gasteiger partial charge is 0.255 e. The lowest BCUT2D eigenvalue weighted by atomic mass is 10.0. The Labute approximate surface area is 185 Å². The molecule has 0 radical (unpaired) electrons. The first-order chi connectivity index (χ1) is 15.7. The van der Waals surface area contributed by atoms with Crippen LogP contribution in [0, 0.1) is 0 Å². The van der Waals surface area contributed by atoms with Crippen molar-refractivity contribution in [3.05, 3.63) is 89.2 Å². The van der Waals surface area contributed by atoms with E-state index in [-0.39, 0.29) is 11.7 Å². The number of hydrogen-bond acceptors (Lipinski definition) is 7. The summed E-state index contributed by atoms with van der Waals surface area (Å²) >= 11 is 0. The summed E-state index contributed by atoms with van der Waals surface area (Å²) in [6, 6.07) is 17.4. The van der Waals surface area contributed by atoms with Crippen LogP contribution in [-0.4, -0.2) is 44.2 Å². The molecular weight excluding hydrogens is 404 g/mol. The molecule has 0 N–H and O–H groups in total. The molecule has 1 saturated heterocycles. The lowest BCUT2D eigenvalue weighted by molar-refractivity contribution is 0.0390. The monoisotopic (exact) mass is 426 g/mol. The third-order valence-corrected chi connectivity index (χ3v) is 5.52. The summed E-state index contributed by atoms with van der Waals surface area (Å²) in [7, 11) is 1.74. The third kappa shape index (κ3) is 4.00. The van der Waals surface area contributed by atoms with Crippen molar-refractivity contribution in [2.45, 2.75) is 6.10 Å². The Balaban J connectivity index is 1.45. The van der Waals surface area contributed by atoms with E-state index in [9.17, 15) is 4.79 Å². The standard InChI is InChI=1S/C24H22N6O2/c1-29-23(31)14-21(20-8-10-25-16-27-20)28-24(29)30-11-12-32-22(15-30)18-6-4-5-17(13-18)19-7-2-3-9-26-19/h2-10,13-14,16,22H,11-12,15H2,1H3. The quantitative estimate of drug-likeness (QED) is 0.496. The zero-order chi connectivity index (χ0) is 21.9. The fraction of sp³-hybridized carbons (Fsp3) is 0.208. The van der Waals surface area contributed by atoms with E-state index in [2.05, 4.69) is 32.0 Å².